The van der Waals surface area contributed by atoms with Crippen LogP contribution in [0.1, 0.15) is 66.3 Å². The first kappa shape index (κ1) is 20.9. The summed E-state index contributed by atoms with van der Waals surface area (Å²) in [5, 5.41) is 2.89. The lowest BCUT2D eigenvalue weighted by Gasteiger charge is -2.22. The number of rotatable bonds is 8. The number of nitrogens with one attached hydrogen (secondary N) is 1. The molecule has 2 aromatic rings. The second kappa shape index (κ2) is 9.58. The van der Waals surface area contributed by atoms with E-state index in [4.69, 9.17) is 4.74 Å². The van der Waals surface area contributed by atoms with Gasteiger partial charge < -0.3 is 19.5 Å². The quantitative estimate of drug-likeness (QED) is 0.735. The van der Waals surface area contributed by atoms with E-state index >= 15 is 0 Å². The van der Waals surface area contributed by atoms with Crippen molar-refractivity contribution < 1.29 is 14.3 Å². The topological polar surface area (TPSA) is 76.5 Å². The van der Waals surface area contributed by atoms with Crippen LogP contribution in [0.2, 0.25) is 0 Å². The Morgan fingerprint density at radius 3 is 2.59 bits per heavy atom. The second-order valence-corrected chi connectivity index (χ2v) is 7.29. The third kappa shape index (κ3) is 4.44. The van der Waals surface area contributed by atoms with Crippen molar-refractivity contribution in [2.24, 2.45) is 0 Å². The molecule has 0 unspecified atom stereocenters. The van der Waals surface area contributed by atoms with Crippen molar-refractivity contribution in [2.45, 2.75) is 52.5 Å². The van der Waals surface area contributed by atoms with Crippen molar-refractivity contribution in [3.05, 3.63) is 41.5 Å². The lowest BCUT2D eigenvalue weighted by atomic mass is 10.1. The van der Waals surface area contributed by atoms with Crippen LogP contribution in [0.5, 0.6) is 5.75 Å². The van der Waals surface area contributed by atoms with Crippen LogP contribution in [0, 0.1) is 0 Å². The predicted molar refractivity (Wildman–Crippen MR) is 113 cm³/mol. The lowest BCUT2D eigenvalue weighted by molar-refractivity contribution is 0.0748. The van der Waals surface area contributed by atoms with Crippen LogP contribution in [0.25, 0.3) is 0 Å². The number of carbonyl (C=O) groups is 2. The Hall–Kier alpha value is -2.83. The van der Waals surface area contributed by atoms with Crippen molar-refractivity contribution in [3.63, 3.8) is 0 Å². The van der Waals surface area contributed by atoms with Gasteiger partial charge in [-0.2, -0.15) is 0 Å². The molecule has 3 rings (SSSR count). The van der Waals surface area contributed by atoms with E-state index in [-0.39, 0.29) is 11.8 Å². The van der Waals surface area contributed by atoms with Gasteiger partial charge in [-0.15, -0.1) is 0 Å². The molecule has 0 bridgehead atoms. The highest BCUT2D eigenvalue weighted by atomic mass is 16.5. The minimum absolute atomic E-state index is 0.0734. The average Bonchev–Trinajstić information content (AvgIpc) is 3.13. The fraction of sp³-hybridized carbons (Fsp3) is 0.500. The number of hydrogen-bond acceptors (Lipinski definition) is 4. The average molecular weight is 399 g/mol. The molecule has 2 heterocycles. The first-order valence-electron chi connectivity index (χ1n) is 10.4. The first-order chi connectivity index (χ1) is 14.1. The van der Waals surface area contributed by atoms with Gasteiger partial charge in [-0.3, -0.25) is 9.59 Å². The molecule has 7 nitrogen and oxygen atoms in total. The van der Waals surface area contributed by atoms with Gasteiger partial charge >= 0.3 is 0 Å². The zero-order valence-corrected chi connectivity index (χ0v) is 17.5. The van der Waals surface area contributed by atoms with Gasteiger partial charge in [0, 0.05) is 19.6 Å². The number of aromatic nitrogens is 2. The number of amides is 2. The molecule has 0 aliphatic carbocycles. The third-order valence-electron chi connectivity index (χ3n) is 5.15. The number of benzene rings is 1. The number of fused-ring (bicyclic) bond motifs is 1. The van der Waals surface area contributed by atoms with Gasteiger partial charge in [-0.05, 0) is 44.2 Å². The predicted octanol–water partition coefficient (Wildman–Crippen LogP) is 3.74. The summed E-state index contributed by atoms with van der Waals surface area (Å²) in [4.78, 5) is 32.6. The molecule has 0 saturated heterocycles. The van der Waals surface area contributed by atoms with Crippen LogP contribution >= 0.6 is 0 Å². The lowest BCUT2D eigenvalue weighted by Crippen LogP contribution is -2.33. The van der Waals surface area contributed by atoms with Crippen LogP contribution in [0.4, 0.5) is 5.69 Å². The van der Waals surface area contributed by atoms with E-state index in [9.17, 15) is 9.59 Å². The van der Waals surface area contributed by atoms with E-state index in [1.54, 1.807) is 19.2 Å². The number of anilines is 1. The first-order valence-corrected chi connectivity index (χ1v) is 10.4. The fourth-order valence-electron chi connectivity index (χ4n) is 3.82. The third-order valence-corrected chi connectivity index (χ3v) is 5.15. The summed E-state index contributed by atoms with van der Waals surface area (Å²) in [6.07, 6.45) is 4.52. The number of para-hydroxylation sites is 2. The van der Waals surface area contributed by atoms with Crippen LogP contribution in [-0.2, 0) is 13.0 Å². The molecule has 0 saturated carbocycles. The van der Waals surface area contributed by atoms with Crippen molar-refractivity contribution in [1.82, 2.24) is 14.5 Å². The molecule has 0 spiro atoms. The molecule has 0 radical (unpaired) electrons. The molecule has 7 heteroatoms. The zero-order valence-electron chi connectivity index (χ0n) is 17.5. The summed E-state index contributed by atoms with van der Waals surface area (Å²) in [5.74, 6) is 0.478. The summed E-state index contributed by atoms with van der Waals surface area (Å²) in [6, 6.07) is 7.26. The van der Waals surface area contributed by atoms with Gasteiger partial charge in [-0.25, -0.2) is 4.98 Å². The Morgan fingerprint density at radius 1 is 1.17 bits per heavy atom. The van der Waals surface area contributed by atoms with E-state index < -0.39 is 0 Å². The molecule has 2 amide bonds. The van der Waals surface area contributed by atoms with Crippen molar-refractivity contribution >= 4 is 17.5 Å². The van der Waals surface area contributed by atoms with E-state index in [2.05, 4.69) is 24.1 Å². The highest BCUT2D eigenvalue weighted by molar-refractivity contribution is 6.04. The molecule has 156 valence electrons. The monoisotopic (exact) mass is 398 g/mol. The Morgan fingerprint density at radius 2 is 1.90 bits per heavy atom. The Balaban J connectivity index is 1.93. The van der Waals surface area contributed by atoms with Gasteiger partial charge in [0.2, 0.25) is 0 Å². The summed E-state index contributed by atoms with van der Waals surface area (Å²) < 4.78 is 7.23. The highest BCUT2D eigenvalue weighted by Gasteiger charge is 2.29. The number of ether oxygens (including phenoxy) is 1. The number of hydrogen-bond donors (Lipinski definition) is 1. The number of methoxy groups -OCH3 is 1. The maximum absolute atomic E-state index is 13.2. The molecule has 1 aromatic heterocycles. The SMILES string of the molecule is CCCN(CCC)C(=O)c1nc(C(=O)Nc2ccccc2OC)n2c1CCCC2. The molecule has 0 fully saturated rings. The fourth-order valence-corrected chi connectivity index (χ4v) is 3.82. The number of carbonyl (C=O) groups excluding carboxylic acids is 2. The standard InChI is InChI=1S/C22H30N4O3/c1-4-13-25(14-5-2)22(28)19-17-11-8-9-15-26(17)20(24-19)21(27)23-16-10-6-7-12-18(16)29-3/h6-7,10,12H,4-5,8-9,11,13-15H2,1-3H3,(H,23,27). The summed E-state index contributed by atoms with van der Waals surface area (Å²) in [7, 11) is 1.56. The molecule has 1 aromatic carbocycles. The highest BCUT2D eigenvalue weighted by Crippen LogP contribution is 2.26. The number of nitrogens with zero attached hydrogens (tertiary/aromatic N) is 3. The molecule has 29 heavy (non-hydrogen) atoms. The summed E-state index contributed by atoms with van der Waals surface area (Å²) >= 11 is 0. The maximum atomic E-state index is 13.2. The molecule has 1 N–H and O–H groups in total. The van der Waals surface area contributed by atoms with Crippen LogP contribution in [0.3, 0.4) is 0 Å². The zero-order chi connectivity index (χ0) is 20.8. The maximum Gasteiger partial charge on any atom is 0.291 e. The summed E-state index contributed by atoms with van der Waals surface area (Å²) in [6.45, 7) is 6.21. The van der Waals surface area contributed by atoms with Gasteiger partial charge in [0.05, 0.1) is 18.5 Å². The van der Waals surface area contributed by atoms with Crippen molar-refractivity contribution in [2.75, 3.05) is 25.5 Å². The van der Waals surface area contributed by atoms with Gasteiger partial charge in [0.1, 0.15) is 11.4 Å². The Bertz CT molecular complexity index is 869. The van der Waals surface area contributed by atoms with E-state index in [0.29, 0.717) is 42.6 Å². The normalized spacial score (nSPS) is 12.9. The smallest absolute Gasteiger partial charge is 0.291 e. The molecular weight excluding hydrogens is 368 g/mol. The van der Waals surface area contributed by atoms with Gasteiger partial charge in [0.15, 0.2) is 5.82 Å². The Labute approximate surface area is 172 Å². The van der Waals surface area contributed by atoms with Gasteiger partial charge in [0.25, 0.3) is 11.8 Å². The molecule has 1 aliphatic heterocycles. The minimum atomic E-state index is -0.325. The molecule has 1 aliphatic rings. The molecular formula is C22H30N4O3. The van der Waals surface area contributed by atoms with Crippen LogP contribution in [-0.4, -0.2) is 46.5 Å². The van der Waals surface area contributed by atoms with Crippen molar-refractivity contribution in [3.8, 4) is 5.75 Å². The van der Waals surface area contributed by atoms with Crippen LogP contribution in [0.15, 0.2) is 24.3 Å². The second-order valence-electron chi connectivity index (χ2n) is 7.29. The van der Waals surface area contributed by atoms with Crippen molar-refractivity contribution in [1.29, 1.82) is 0 Å². The largest absolute Gasteiger partial charge is 0.495 e. The van der Waals surface area contributed by atoms with E-state index in [1.807, 2.05) is 21.6 Å². The Kier molecular flexibility index (Phi) is 6.90. The van der Waals surface area contributed by atoms with Gasteiger partial charge in [-0.1, -0.05) is 26.0 Å². The molecule has 0 atom stereocenters. The summed E-state index contributed by atoms with van der Waals surface area (Å²) in [5.41, 5.74) is 1.89. The van der Waals surface area contributed by atoms with Crippen LogP contribution < -0.4 is 10.1 Å². The van der Waals surface area contributed by atoms with E-state index in [1.165, 1.54) is 0 Å². The number of imidazole rings is 1. The van der Waals surface area contributed by atoms with E-state index in [0.717, 1.165) is 37.8 Å². The minimum Gasteiger partial charge on any atom is -0.495 e.